The minimum atomic E-state index is -0.337. The molecule has 6 heteroatoms. The molecule has 2 heterocycles. The summed E-state index contributed by atoms with van der Waals surface area (Å²) in [5.41, 5.74) is 0.575. The fourth-order valence-corrected chi connectivity index (χ4v) is 2.25. The van der Waals surface area contributed by atoms with Crippen molar-refractivity contribution in [3.8, 4) is 11.4 Å². The number of nitrogens with zero attached hydrogens (tertiary/aromatic N) is 4. The molecular formula is C14H12ClFN4. The van der Waals surface area contributed by atoms with Crippen molar-refractivity contribution in [3.63, 3.8) is 0 Å². The summed E-state index contributed by atoms with van der Waals surface area (Å²) in [6.07, 6.45) is 7.10. The van der Waals surface area contributed by atoms with Gasteiger partial charge in [-0.2, -0.15) is 0 Å². The van der Waals surface area contributed by atoms with Gasteiger partial charge in [-0.15, -0.1) is 0 Å². The van der Waals surface area contributed by atoms with Crippen molar-refractivity contribution in [3.05, 3.63) is 59.7 Å². The van der Waals surface area contributed by atoms with Crippen LogP contribution in [-0.4, -0.2) is 19.1 Å². The van der Waals surface area contributed by atoms with E-state index in [-0.39, 0.29) is 5.82 Å². The van der Waals surface area contributed by atoms with Gasteiger partial charge in [0.25, 0.3) is 0 Å². The number of imidazole rings is 2. The van der Waals surface area contributed by atoms with Crippen LogP contribution in [0, 0.1) is 5.82 Å². The van der Waals surface area contributed by atoms with Gasteiger partial charge in [-0.05, 0) is 18.2 Å². The lowest BCUT2D eigenvalue weighted by molar-refractivity contribution is 0.627. The van der Waals surface area contributed by atoms with Gasteiger partial charge >= 0.3 is 0 Å². The zero-order valence-electron chi connectivity index (χ0n) is 10.8. The first kappa shape index (κ1) is 12.9. The van der Waals surface area contributed by atoms with Crippen molar-refractivity contribution in [2.75, 3.05) is 0 Å². The zero-order valence-corrected chi connectivity index (χ0v) is 11.5. The van der Waals surface area contributed by atoms with Gasteiger partial charge in [0.2, 0.25) is 0 Å². The number of halogens is 2. The Hall–Kier alpha value is -2.14. The molecule has 0 unspecified atom stereocenters. The Balaban J connectivity index is 2.02. The molecule has 102 valence electrons. The van der Waals surface area contributed by atoms with Crippen LogP contribution in [0.3, 0.4) is 0 Å². The summed E-state index contributed by atoms with van der Waals surface area (Å²) in [6.45, 7) is 0.547. The van der Waals surface area contributed by atoms with E-state index in [2.05, 4.69) is 9.97 Å². The van der Waals surface area contributed by atoms with Crippen LogP contribution in [0.15, 0.2) is 43.0 Å². The molecule has 0 fully saturated rings. The average Bonchev–Trinajstić information content (AvgIpc) is 3.03. The molecular weight excluding hydrogens is 279 g/mol. The summed E-state index contributed by atoms with van der Waals surface area (Å²) in [6, 6.07) is 4.25. The van der Waals surface area contributed by atoms with E-state index in [0.717, 1.165) is 5.82 Å². The van der Waals surface area contributed by atoms with Gasteiger partial charge < -0.3 is 9.13 Å². The second kappa shape index (κ2) is 5.09. The summed E-state index contributed by atoms with van der Waals surface area (Å²) in [7, 11) is 1.92. The molecule has 0 aliphatic rings. The van der Waals surface area contributed by atoms with Crippen LogP contribution in [0.4, 0.5) is 4.39 Å². The topological polar surface area (TPSA) is 35.6 Å². The van der Waals surface area contributed by atoms with Crippen molar-refractivity contribution >= 4 is 11.6 Å². The largest absolute Gasteiger partial charge is 0.337 e. The molecule has 0 atom stereocenters. The van der Waals surface area contributed by atoms with Gasteiger partial charge in [-0.3, -0.25) is 0 Å². The van der Waals surface area contributed by atoms with Crippen LogP contribution in [0.2, 0.25) is 5.02 Å². The molecule has 0 amide bonds. The van der Waals surface area contributed by atoms with Crippen molar-refractivity contribution in [1.82, 2.24) is 19.1 Å². The molecule has 0 bridgehead atoms. The van der Waals surface area contributed by atoms with E-state index in [1.165, 1.54) is 18.2 Å². The maximum Gasteiger partial charge on any atom is 0.141 e. The van der Waals surface area contributed by atoms with Gasteiger partial charge in [-0.1, -0.05) is 11.6 Å². The van der Waals surface area contributed by atoms with Gasteiger partial charge in [0.15, 0.2) is 0 Å². The van der Waals surface area contributed by atoms with Crippen molar-refractivity contribution < 1.29 is 4.39 Å². The average molecular weight is 291 g/mol. The predicted molar refractivity (Wildman–Crippen MR) is 74.9 cm³/mol. The van der Waals surface area contributed by atoms with E-state index in [9.17, 15) is 4.39 Å². The quantitative estimate of drug-likeness (QED) is 0.743. The van der Waals surface area contributed by atoms with Crippen LogP contribution in [0.5, 0.6) is 0 Å². The van der Waals surface area contributed by atoms with E-state index < -0.39 is 0 Å². The summed E-state index contributed by atoms with van der Waals surface area (Å²) >= 11 is 6.13. The monoisotopic (exact) mass is 290 g/mol. The molecule has 3 aromatic rings. The standard InChI is InChI=1S/C14H12ClFN4/c1-19-6-4-17-13(19)9-20-7-5-18-14(20)11-8-10(16)2-3-12(11)15/h2-8H,9H2,1H3. The van der Waals surface area contributed by atoms with Gasteiger partial charge in [0.05, 0.1) is 11.6 Å². The molecule has 0 N–H and O–H groups in total. The molecule has 0 saturated heterocycles. The van der Waals surface area contributed by atoms with Crippen LogP contribution in [0.25, 0.3) is 11.4 Å². The molecule has 3 rings (SSSR count). The lowest BCUT2D eigenvalue weighted by atomic mass is 10.2. The van der Waals surface area contributed by atoms with E-state index in [4.69, 9.17) is 11.6 Å². The first-order valence-electron chi connectivity index (χ1n) is 6.08. The van der Waals surface area contributed by atoms with Crippen molar-refractivity contribution in [2.45, 2.75) is 6.54 Å². The Labute approximate surface area is 120 Å². The lowest BCUT2D eigenvalue weighted by Crippen LogP contribution is -2.06. The fraction of sp³-hybridized carbons (Fsp3) is 0.143. The third-order valence-corrected chi connectivity index (χ3v) is 3.45. The summed E-state index contributed by atoms with van der Waals surface area (Å²) in [5.74, 6) is 1.17. The molecule has 0 radical (unpaired) electrons. The number of hydrogen-bond acceptors (Lipinski definition) is 2. The smallest absolute Gasteiger partial charge is 0.141 e. The molecule has 0 spiro atoms. The lowest BCUT2D eigenvalue weighted by Gasteiger charge is -2.09. The van der Waals surface area contributed by atoms with Crippen LogP contribution in [0.1, 0.15) is 5.82 Å². The summed E-state index contributed by atoms with van der Waals surface area (Å²) < 4.78 is 17.2. The second-order valence-electron chi connectivity index (χ2n) is 4.46. The Morgan fingerprint density at radius 1 is 1.20 bits per heavy atom. The first-order valence-corrected chi connectivity index (χ1v) is 6.45. The Morgan fingerprint density at radius 3 is 2.75 bits per heavy atom. The highest BCUT2D eigenvalue weighted by Gasteiger charge is 2.12. The van der Waals surface area contributed by atoms with Crippen LogP contribution < -0.4 is 0 Å². The van der Waals surface area contributed by atoms with Crippen molar-refractivity contribution in [1.29, 1.82) is 0 Å². The molecule has 1 aromatic carbocycles. The zero-order chi connectivity index (χ0) is 14.1. The number of benzene rings is 1. The predicted octanol–water partition coefficient (Wildman–Crippen LogP) is 3.12. The molecule has 4 nitrogen and oxygen atoms in total. The Morgan fingerprint density at radius 2 is 2.00 bits per heavy atom. The Kier molecular flexibility index (Phi) is 3.28. The van der Waals surface area contributed by atoms with E-state index in [1.54, 1.807) is 12.4 Å². The van der Waals surface area contributed by atoms with Crippen LogP contribution in [-0.2, 0) is 13.6 Å². The fourth-order valence-electron chi connectivity index (χ4n) is 2.05. The minimum absolute atomic E-state index is 0.337. The van der Waals surface area contributed by atoms with Crippen molar-refractivity contribution in [2.24, 2.45) is 7.05 Å². The van der Waals surface area contributed by atoms with E-state index in [0.29, 0.717) is 23.0 Å². The maximum atomic E-state index is 13.4. The molecule has 0 aliphatic carbocycles. The van der Waals surface area contributed by atoms with Crippen LogP contribution >= 0.6 is 11.6 Å². The van der Waals surface area contributed by atoms with E-state index in [1.807, 2.05) is 28.6 Å². The minimum Gasteiger partial charge on any atom is -0.337 e. The highest BCUT2D eigenvalue weighted by molar-refractivity contribution is 6.33. The number of rotatable bonds is 3. The third kappa shape index (κ3) is 2.32. The molecule has 20 heavy (non-hydrogen) atoms. The van der Waals surface area contributed by atoms with Gasteiger partial charge in [0.1, 0.15) is 17.5 Å². The maximum absolute atomic E-state index is 13.4. The Bertz CT molecular complexity index is 747. The summed E-state index contributed by atoms with van der Waals surface area (Å²) in [5, 5.41) is 0.471. The first-order chi connectivity index (χ1) is 9.65. The molecule has 2 aromatic heterocycles. The SMILES string of the molecule is Cn1ccnc1Cn1ccnc1-c1cc(F)ccc1Cl. The van der Waals surface area contributed by atoms with Gasteiger partial charge in [-0.25, -0.2) is 14.4 Å². The molecule has 0 aliphatic heterocycles. The number of hydrogen-bond donors (Lipinski definition) is 0. The van der Waals surface area contributed by atoms with E-state index >= 15 is 0 Å². The molecule has 0 saturated carbocycles. The van der Waals surface area contributed by atoms with Gasteiger partial charge in [0, 0.05) is 37.4 Å². The third-order valence-electron chi connectivity index (χ3n) is 3.12. The highest BCUT2D eigenvalue weighted by Crippen LogP contribution is 2.27. The highest BCUT2D eigenvalue weighted by atomic mass is 35.5. The summed E-state index contributed by atoms with van der Waals surface area (Å²) in [4.78, 5) is 8.55. The number of aromatic nitrogens is 4. The number of aryl methyl sites for hydroxylation is 1. The normalized spacial score (nSPS) is 10.9. The second-order valence-corrected chi connectivity index (χ2v) is 4.86.